The van der Waals surface area contributed by atoms with Crippen LogP contribution in [0, 0.1) is 24.1 Å². The summed E-state index contributed by atoms with van der Waals surface area (Å²) in [5.41, 5.74) is 1.31. The molecule has 0 bridgehead atoms. The smallest absolute Gasteiger partial charge is 0.307 e. The lowest BCUT2D eigenvalue weighted by Gasteiger charge is -2.07. The van der Waals surface area contributed by atoms with E-state index < -0.39 is 11.8 Å². The Balaban J connectivity index is 1.80. The van der Waals surface area contributed by atoms with Crippen molar-refractivity contribution in [2.24, 2.45) is 0 Å². The Morgan fingerprint density at radius 3 is 2.87 bits per heavy atom. The molecule has 0 unspecified atom stereocenters. The van der Waals surface area contributed by atoms with Crippen molar-refractivity contribution in [3.63, 3.8) is 0 Å². The number of hydrogen-bond acceptors (Lipinski definition) is 5. The zero-order valence-electron chi connectivity index (χ0n) is 12.5. The number of nitrogens with zero attached hydrogens (tertiary/aromatic N) is 2. The van der Waals surface area contributed by atoms with Crippen LogP contribution in [0.25, 0.3) is 0 Å². The molecule has 0 spiro atoms. The maximum absolute atomic E-state index is 13.6. The average Bonchev–Trinajstić information content (AvgIpc) is 2.85. The molecule has 1 aromatic carbocycles. The first-order valence-electron chi connectivity index (χ1n) is 7.00. The molecule has 1 aromatic heterocycles. The number of thiazole rings is 1. The second-order valence-electron chi connectivity index (χ2n) is 4.98. The summed E-state index contributed by atoms with van der Waals surface area (Å²) < 4.78 is 20.3. The largest absolute Gasteiger partial charge is 0.461 e. The first kappa shape index (κ1) is 16.9. The lowest BCUT2D eigenvalue weighted by Crippen LogP contribution is -2.15. The van der Waals surface area contributed by atoms with Crippen LogP contribution < -0.4 is 4.87 Å². The molecule has 0 saturated heterocycles. The summed E-state index contributed by atoms with van der Waals surface area (Å²) in [4.78, 5) is 23.1. The first-order chi connectivity index (χ1) is 11.0. The molecular formula is C16H15FN2O3S. The SMILES string of the molecule is Cc1csc(=O)n1CCCC(=O)OCc1ccc(C#N)cc1F. The molecule has 7 heteroatoms. The van der Waals surface area contributed by atoms with Gasteiger partial charge in [0.1, 0.15) is 12.4 Å². The molecule has 0 aliphatic heterocycles. The normalized spacial score (nSPS) is 10.3. The fraction of sp³-hybridized carbons (Fsp3) is 0.312. The molecule has 2 aromatic rings. The molecular weight excluding hydrogens is 319 g/mol. The average molecular weight is 334 g/mol. The minimum absolute atomic E-state index is 0.0458. The van der Waals surface area contributed by atoms with Gasteiger partial charge in [-0.25, -0.2) is 4.39 Å². The first-order valence-corrected chi connectivity index (χ1v) is 7.88. The number of aryl methyl sites for hydroxylation is 1. The van der Waals surface area contributed by atoms with Crippen LogP contribution in [0.15, 0.2) is 28.4 Å². The number of ether oxygens (including phenoxy) is 1. The van der Waals surface area contributed by atoms with E-state index in [9.17, 15) is 14.0 Å². The fourth-order valence-corrected chi connectivity index (χ4v) is 2.78. The third-order valence-electron chi connectivity index (χ3n) is 3.31. The van der Waals surface area contributed by atoms with Crippen molar-refractivity contribution in [1.82, 2.24) is 4.57 Å². The Morgan fingerprint density at radius 2 is 2.26 bits per heavy atom. The molecule has 1 heterocycles. The van der Waals surface area contributed by atoms with Crippen LogP contribution in [0.3, 0.4) is 0 Å². The van der Waals surface area contributed by atoms with E-state index in [0.717, 1.165) is 23.1 Å². The summed E-state index contributed by atoms with van der Waals surface area (Å²) in [5, 5.41) is 10.4. The predicted octanol–water partition coefficient (Wildman–Crippen LogP) is 2.75. The maximum Gasteiger partial charge on any atom is 0.307 e. The number of halogens is 1. The summed E-state index contributed by atoms with van der Waals surface area (Å²) >= 11 is 1.13. The van der Waals surface area contributed by atoms with Gasteiger partial charge < -0.3 is 9.30 Å². The number of rotatable bonds is 6. The van der Waals surface area contributed by atoms with E-state index >= 15 is 0 Å². The van der Waals surface area contributed by atoms with Crippen LogP contribution in [0.4, 0.5) is 4.39 Å². The summed E-state index contributed by atoms with van der Waals surface area (Å²) in [6.07, 6.45) is 0.631. The molecule has 0 radical (unpaired) electrons. The highest BCUT2D eigenvalue weighted by Crippen LogP contribution is 2.12. The van der Waals surface area contributed by atoms with Gasteiger partial charge in [0, 0.05) is 29.6 Å². The summed E-state index contributed by atoms with van der Waals surface area (Å²) in [6.45, 7) is 2.12. The Labute approximate surface area is 136 Å². The molecule has 0 aliphatic carbocycles. The van der Waals surface area contributed by atoms with Crippen LogP contribution in [0.5, 0.6) is 0 Å². The van der Waals surface area contributed by atoms with Gasteiger partial charge in [-0.3, -0.25) is 9.59 Å². The Bertz CT molecular complexity index is 804. The van der Waals surface area contributed by atoms with E-state index in [1.54, 1.807) is 9.95 Å². The van der Waals surface area contributed by atoms with Crippen molar-refractivity contribution >= 4 is 17.3 Å². The van der Waals surface area contributed by atoms with E-state index in [0.29, 0.717) is 13.0 Å². The van der Waals surface area contributed by atoms with E-state index in [4.69, 9.17) is 10.00 Å². The molecule has 2 rings (SSSR count). The van der Waals surface area contributed by atoms with Gasteiger partial charge in [0.05, 0.1) is 11.6 Å². The van der Waals surface area contributed by atoms with Gasteiger partial charge in [0.25, 0.3) is 0 Å². The third-order valence-corrected chi connectivity index (χ3v) is 4.19. The number of nitriles is 1. The number of hydrogen-bond donors (Lipinski definition) is 0. The summed E-state index contributed by atoms with van der Waals surface area (Å²) in [5.74, 6) is -1.02. The molecule has 120 valence electrons. The van der Waals surface area contributed by atoms with Gasteiger partial charge >= 0.3 is 10.8 Å². The predicted molar refractivity (Wildman–Crippen MR) is 83.5 cm³/mol. The van der Waals surface area contributed by atoms with Gasteiger partial charge in [-0.1, -0.05) is 17.4 Å². The Morgan fingerprint density at radius 1 is 1.48 bits per heavy atom. The molecule has 0 aliphatic rings. The number of aromatic nitrogens is 1. The van der Waals surface area contributed by atoms with Crippen molar-refractivity contribution < 1.29 is 13.9 Å². The van der Waals surface area contributed by atoms with E-state index in [2.05, 4.69) is 0 Å². The number of benzene rings is 1. The van der Waals surface area contributed by atoms with E-state index in [-0.39, 0.29) is 29.0 Å². The molecule has 23 heavy (non-hydrogen) atoms. The minimum Gasteiger partial charge on any atom is -0.461 e. The highest BCUT2D eigenvalue weighted by molar-refractivity contribution is 7.07. The van der Waals surface area contributed by atoms with Gasteiger partial charge in [-0.2, -0.15) is 5.26 Å². The van der Waals surface area contributed by atoms with Crippen LogP contribution >= 0.6 is 11.3 Å². The van der Waals surface area contributed by atoms with Crippen molar-refractivity contribution in [2.45, 2.75) is 32.9 Å². The zero-order valence-corrected chi connectivity index (χ0v) is 13.4. The van der Waals surface area contributed by atoms with Crippen molar-refractivity contribution in [1.29, 1.82) is 5.26 Å². The highest BCUT2D eigenvalue weighted by atomic mass is 32.1. The summed E-state index contributed by atoms with van der Waals surface area (Å²) in [6, 6.07) is 5.84. The second kappa shape index (κ2) is 7.70. The second-order valence-corrected chi connectivity index (χ2v) is 5.80. The molecule has 0 N–H and O–H groups in total. The van der Waals surface area contributed by atoms with E-state index in [1.807, 2.05) is 13.0 Å². The van der Waals surface area contributed by atoms with Gasteiger partial charge in [-0.05, 0) is 25.5 Å². The van der Waals surface area contributed by atoms with Crippen LogP contribution in [0.1, 0.15) is 29.7 Å². The zero-order chi connectivity index (χ0) is 16.8. The number of esters is 1. The highest BCUT2D eigenvalue weighted by Gasteiger charge is 2.09. The summed E-state index contributed by atoms with van der Waals surface area (Å²) in [7, 11) is 0. The van der Waals surface area contributed by atoms with Crippen molar-refractivity contribution in [3.05, 3.63) is 55.9 Å². The van der Waals surface area contributed by atoms with Gasteiger partial charge in [-0.15, -0.1) is 0 Å². The van der Waals surface area contributed by atoms with Crippen LogP contribution in [-0.2, 0) is 22.7 Å². The Hall–Kier alpha value is -2.46. The molecule has 0 amide bonds. The minimum atomic E-state index is -0.572. The quantitative estimate of drug-likeness (QED) is 0.762. The maximum atomic E-state index is 13.6. The lowest BCUT2D eigenvalue weighted by atomic mass is 10.1. The molecule has 0 saturated carbocycles. The van der Waals surface area contributed by atoms with E-state index in [1.165, 1.54) is 12.1 Å². The van der Waals surface area contributed by atoms with Gasteiger partial charge in [0.15, 0.2) is 0 Å². The topological polar surface area (TPSA) is 72.1 Å². The lowest BCUT2D eigenvalue weighted by molar-refractivity contribution is -0.145. The molecule has 0 atom stereocenters. The number of carbonyl (C=O) groups excluding carboxylic acids is 1. The van der Waals surface area contributed by atoms with Crippen LogP contribution in [0.2, 0.25) is 0 Å². The van der Waals surface area contributed by atoms with Crippen LogP contribution in [-0.4, -0.2) is 10.5 Å². The standard InChI is InChI=1S/C16H15FN2O3S/c1-11-10-23-16(21)19(11)6-2-3-15(20)22-9-13-5-4-12(8-18)7-14(13)17/h4-5,7,10H,2-3,6,9H2,1H3. The van der Waals surface area contributed by atoms with Crippen molar-refractivity contribution in [2.75, 3.05) is 0 Å². The molecule has 5 nitrogen and oxygen atoms in total. The van der Waals surface area contributed by atoms with Crippen molar-refractivity contribution in [3.8, 4) is 6.07 Å². The Kier molecular flexibility index (Phi) is 5.66. The third kappa shape index (κ3) is 4.50. The number of carbonyl (C=O) groups is 1. The van der Waals surface area contributed by atoms with Gasteiger partial charge in [0.2, 0.25) is 0 Å². The fourth-order valence-electron chi connectivity index (χ4n) is 2.02. The molecule has 0 fully saturated rings. The monoisotopic (exact) mass is 334 g/mol.